The largest absolute Gasteiger partial charge is 2.00 e. The Morgan fingerprint density at radius 1 is 0.408 bits per heavy atom. The van der Waals surface area contributed by atoms with E-state index in [1.165, 1.54) is 42.8 Å². The molecule has 0 fully saturated rings. The van der Waals surface area contributed by atoms with E-state index >= 15 is 0 Å². The molecule has 6 heterocycles. The number of nitriles is 1. The number of halogens is 12. The van der Waals surface area contributed by atoms with Gasteiger partial charge < -0.3 is 18.9 Å². The van der Waals surface area contributed by atoms with Gasteiger partial charge in [-0.1, -0.05) is 0 Å². The van der Waals surface area contributed by atoms with E-state index in [2.05, 4.69) is 43.8 Å². The van der Waals surface area contributed by atoms with E-state index in [-0.39, 0.29) is 19.5 Å². The molecule has 0 aliphatic rings. The third-order valence-corrected chi connectivity index (χ3v) is 7.70. The minimum atomic E-state index is -10.7. The third kappa shape index (κ3) is 33.7. The van der Waals surface area contributed by atoms with E-state index in [9.17, 15) is 69.5 Å². The Bertz CT molecular complexity index is 2610. The Hall–Kier alpha value is -7.09. The summed E-state index contributed by atoms with van der Waals surface area (Å²) in [7, 11) is -21.3. The van der Waals surface area contributed by atoms with Gasteiger partial charge in [-0.3, -0.25) is 29.9 Å². The van der Waals surface area contributed by atoms with Gasteiger partial charge in [0.25, 0.3) is 0 Å². The van der Waals surface area contributed by atoms with Crippen molar-refractivity contribution in [3.8, 4) is 40.2 Å². The van der Waals surface area contributed by atoms with Gasteiger partial charge in [-0.2, -0.15) is 5.26 Å². The number of aromatic nitrogens is 6. The molecule has 0 N–H and O–H groups in total. The molecule has 0 radical (unpaired) electrons. The van der Waals surface area contributed by atoms with Gasteiger partial charge >= 0.3 is 109 Å². The molecule has 6 aromatic rings. The SMILES string of the molecule is CC#N.CCOC(=O)c1ccnc(-c2cc(C(=O)OCC)ccn2)c1.CCOC(=O)c1ccnc(-c2cc(C(=O)OCC)ccn2)c1.Cc1ccnc(-c2cc(C)ccn2)c1.F[P-](F)(F)(F)(F)F.F[P-](F)(F)(F)(F)F.[Ru+2]. The average molecular weight is 1220 g/mol. The van der Waals surface area contributed by atoms with Gasteiger partial charge in [-0.15, -0.1) is 0 Å². The monoisotopic (exact) mass is 1220 g/mol. The molecule has 30 heteroatoms. The van der Waals surface area contributed by atoms with E-state index in [1.54, 1.807) is 82.3 Å². The van der Waals surface area contributed by atoms with Crippen molar-refractivity contribution in [1.29, 1.82) is 5.26 Å². The first kappa shape index (κ1) is 68.9. The molecule has 0 saturated carbocycles. The first-order valence-electron chi connectivity index (χ1n) is 21.2. The summed E-state index contributed by atoms with van der Waals surface area (Å²) >= 11 is 0. The van der Waals surface area contributed by atoms with Crippen LogP contribution in [0.25, 0.3) is 34.2 Å². The van der Waals surface area contributed by atoms with Crippen molar-refractivity contribution in [2.45, 2.75) is 48.5 Å². The summed E-state index contributed by atoms with van der Waals surface area (Å²) in [6, 6.07) is 22.4. The fraction of sp³-hybridized carbons (Fsp3) is 0.239. The van der Waals surface area contributed by atoms with Crippen molar-refractivity contribution < 1.29 is 108 Å². The summed E-state index contributed by atoms with van der Waals surface area (Å²) in [6.45, 7) is 13.7. The molecule has 6 aromatic heterocycles. The van der Waals surface area contributed by atoms with Gasteiger partial charge in [-0.05, 0) is 125 Å². The molecule has 15 nitrogen and oxygen atoms in total. The van der Waals surface area contributed by atoms with E-state index < -0.39 is 39.5 Å². The maximum Gasteiger partial charge on any atom is 2.00 e. The number of esters is 4. The van der Waals surface area contributed by atoms with Gasteiger partial charge in [0.1, 0.15) is 0 Å². The topological polar surface area (TPSA) is 206 Å². The number of nitrogens with zero attached hydrogens (tertiary/aromatic N) is 7. The molecule has 0 amide bonds. The zero-order chi connectivity index (χ0) is 57.4. The van der Waals surface area contributed by atoms with Crippen LogP contribution in [-0.2, 0) is 38.4 Å². The molecule has 6 rings (SSSR count). The standard InChI is InChI=1S/2C16H16N2O4.C12H12N2.C2H3N.2F6P.Ru/c2*1-3-21-15(19)11-5-7-17-13(9-11)14-10-12(6-8-18-14)16(20)22-4-2;1-9-3-5-13-11(7-9)12-8-10(2)4-6-14-12;1-2-3;2*1-7(2,3,4,5)6;/h2*5-10H,3-4H2,1-2H3;3-8H,1-2H3;1H3;;;/q;;;;2*-1;+2. The number of pyridine rings is 6. The third-order valence-electron chi connectivity index (χ3n) is 7.70. The predicted molar refractivity (Wildman–Crippen MR) is 254 cm³/mol. The van der Waals surface area contributed by atoms with Crippen molar-refractivity contribution in [1.82, 2.24) is 29.9 Å². The number of hydrogen-bond donors (Lipinski definition) is 0. The number of hydrogen-bond acceptors (Lipinski definition) is 15. The zero-order valence-corrected chi connectivity index (χ0v) is 44.4. The normalized spacial score (nSPS) is 12.1. The summed E-state index contributed by atoms with van der Waals surface area (Å²) in [5.74, 6) is -1.69. The molecule has 0 aliphatic heterocycles. The molecule has 0 spiro atoms. The molecule has 0 aliphatic carbocycles. The molecular weight excluding hydrogens is 1170 g/mol. The smallest absolute Gasteiger partial charge is 2.00 e. The fourth-order valence-corrected chi connectivity index (χ4v) is 5.00. The van der Waals surface area contributed by atoms with Crippen LogP contribution in [0.5, 0.6) is 0 Å². The molecule has 0 aromatic carbocycles. The van der Waals surface area contributed by atoms with Crippen LogP contribution in [-0.4, -0.2) is 80.2 Å². The molecular formula is C46H47F12N7O8P2Ru. The molecule has 76 heavy (non-hydrogen) atoms. The van der Waals surface area contributed by atoms with Crippen LogP contribution in [0.4, 0.5) is 50.4 Å². The Balaban J connectivity index is 0.000000971. The Morgan fingerprint density at radius 3 is 0.724 bits per heavy atom. The number of carbonyl (C=O) groups excluding carboxylic acids is 4. The number of ether oxygens (including phenoxy) is 4. The second-order valence-corrected chi connectivity index (χ2v) is 18.0. The minimum Gasteiger partial charge on any atom is 2.00 e. The zero-order valence-electron chi connectivity index (χ0n) is 40.9. The van der Waals surface area contributed by atoms with Gasteiger partial charge in [0, 0.05) is 44.1 Å². The van der Waals surface area contributed by atoms with Crippen LogP contribution in [0.15, 0.2) is 110 Å². The van der Waals surface area contributed by atoms with E-state index in [0.29, 0.717) is 71.5 Å². The Morgan fingerprint density at radius 2 is 0.566 bits per heavy atom. The molecule has 0 atom stereocenters. The second kappa shape index (κ2) is 28.2. The van der Waals surface area contributed by atoms with Gasteiger partial charge in [0.2, 0.25) is 0 Å². The first-order valence-corrected chi connectivity index (χ1v) is 25.3. The number of carbonyl (C=O) groups is 4. The fourth-order valence-electron chi connectivity index (χ4n) is 5.00. The van der Waals surface area contributed by atoms with E-state index in [0.717, 1.165) is 11.4 Å². The molecule has 0 unspecified atom stereocenters. The van der Waals surface area contributed by atoms with Crippen LogP contribution < -0.4 is 0 Å². The second-order valence-electron chi connectivity index (χ2n) is 14.2. The van der Waals surface area contributed by atoms with Gasteiger partial charge in [-0.25, -0.2) is 19.2 Å². The Kier molecular flexibility index (Phi) is 25.5. The maximum absolute atomic E-state index is 11.7. The van der Waals surface area contributed by atoms with Crippen molar-refractivity contribution in [2.24, 2.45) is 0 Å². The summed E-state index contributed by atoms with van der Waals surface area (Å²) in [6.07, 6.45) is 9.63. The number of aryl methyl sites for hydroxylation is 2. The van der Waals surface area contributed by atoms with E-state index in [1.807, 2.05) is 36.7 Å². The van der Waals surface area contributed by atoms with Crippen molar-refractivity contribution >= 4 is 39.5 Å². The summed E-state index contributed by atoms with van der Waals surface area (Å²) < 4.78 is 138. The predicted octanol–water partition coefficient (Wildman–Crippen LogP) is 15.0. The summed E-state index contributed by atoms with van der Waals surface area (Å²) in [5, 5.41) is 7.32. The van der Waals surface area contributed by atoms with Crippen LogP contribution in [0, 0.1) is 25.2 Å². The quantitative estimate of drug-likeness (QED) is 0.0389. The Labute approximate surface area is 439 Å². The van der Waals surface area contributed by atoms with Crippen LogP contribution in [0.3, 0.4) is 0 Å². The average Bonchev–Trinajstić information content (AvgIpc) is 3.31. The van der Waals surface area contributed by atoms with Crippen molar-refractivity contribution in [3.63, 3.8) is 0 Å². The summed E-state index contributed by atoms with van der Waals surface area (Å²) in [4.78, 5) is 72.3. The maximum atomic E-state index is 11.7. The van der Waals surface area contributed by atoms with Crippen molar-refractivity contribution in [2.75, 3.05) is 26.4 Å². The van der Waals surface area contributed by atoms with Crippen molar-refractivity contribution in [3.05, 3.63) is 143 Å². The van der Waals surface area contributed by atoms with Crippen LogP contribution in [0.1, 0.15) is 87.2 Å². The van der Waals surface area contributed by atoms with Crippen LogP contribution in [0.2, 0.25) is 0 Å². The van der Waals surface area contributed by atoms with Crippen LogP contribution >= 0.6 is 15.6 Å². The molecule has 0 bridgehead atoms. The minimum absolute atomic E-state index is 0. The van der Waals surface area contributed by atoms with Gasteiger partial charge in [0.05, 0.1) is 88.9 Å². The number of rotatable bonds is 11. The molecule has 416 valence electrons. The summed E-state index contributed by atoms with van der Waals surface area (Å²) in [5.41, 5.74) is 7.76. The van der Waals surface area contributed by atoms with E-state index in [4.69, 9.17) is 24.2 Å². The molecule has 0 saturated heterocycles. The van der Waals surface area contributed by atoms with Gasteiger partial charge in [0.15, 0.2) is 0 Å². The first-order chi connectivity index (χ1) is 34.4.